The van der Waals surface area contributed by atoms with Crippen molar-refractivity contribution in [1.29, 1.82) is 0 Å². The molecule has 1 fully saturated rings. The molecule has 2 aromatic heterocycles. The van der Waals surface area contributed by atoms with Gasteiger partial charge >= 0.3 is 0 Å². The van der Waals surface area contributed by atoms with Crippen molar-refractivity contribution in [1.82, 2.24) is 25.2 Å². The zero-order chi connectivity index (χ0) is 24.1. The summed E-state index contributed by atoms with van der Waals surface area (Å²) in [4.78, 5) is 19.2. The molecule has 180 valence electrons. The number of aromatic amines is 1. The fourth-order valence-electron chi connectivity index (χ4n) is 6.25. The van der Waals surface area contributed by atoms with Crippen molar-refractivity contribution < 1.29 is 0 Å². The van der Waals surface area contributed by atoms with E-state index in [-0.39, 0.29) is 23.7 Å². The third kappa shape index (κ3) is 3.74. The summed E-state index contributed by atoms with van der Waals surface area (Å²) in [7, 11) is 0. The van der Waals surface area contributed by atoms with E-state index in [1.165, 1.54) is 24.8 Å². The van der Waals surface area contributed by atoms with E-state index in [4.69, 9.17) is 0 Å². The summed E-state index contributed by atoms with van der Waals surface area (Å²) in [5, 5.41) is 14.3. The summed E-state index contributed by atoms with van der Waals surface area (Å²) < 4.78 is 2.02. The van der Waals surface area contributed by atoms with Crippen LogP contribution in [0.5, 0.6) is 0 Å². The SMILES string of the molecule is Cc1cc(C)c2cc([C@@H](c3nnnn3C3CCCCC3)N3c4ccccc4C[C@H]3C)c(=O)[nH]c2c1. The van der Waals surface area contributed by atoms with Gasteiger partial charge in [-0.25, -0.2) is 4.68 Å². The number of aryl methyl sites for hydroxylation is 2. The number of pyridine rings is 1. The molecule has 4 aromatic rings. The van der Waals surface area contributed by atoms with Crippen molar-refractivity contribution in [3.8, 4) is 0 Å². The second kappa shape index (κ2) is 8.63. The van der Waals surface area contributed by atoms with Gasteiger partial charge in [0.15, 0.2) is 5.82 Å². The maximum absolute atomic E-state index is 13.7. The average molecular weight is 469 g/mol. The largest absolute Gasteiger partial charge is 0.354 e. The van der Waals surface area contributed by atoms with Crippen molar-refractivity contribution >= 4 is 16.6 Å². The first-order chi connectivity index (χ1) is 17.0. The molecule has 0 bridgehead atoms. The highest BCUT2D eigenvalue weighted by Crippen LogP contribution is 2.42. The van der Waals surface area contributed by atoms with Crippen LogP contribution in [0.25, 0.3) is 10.9 Å². The Morgan fingerprint density at radius 1 is 1.06 bits per heavy atom. The van der Waals surface area contributed by atoms with Gasteiger partial charge < -0.3 is 9.88 Å². The molecular weight excluding hydrogens is 436 g/mol. The molecule has 7 heteroatoms. The van der Waals surface area contributed by atoms with E-state index in [2.05, 4.69) is 82.6 Å². The van der Waals surface area contributed by atoms with Gasteiger partial charge in [0.1, 0.15) is 6.04 Å². The van der Waals surface area contributed by atoms with Gasteiger partial charge in [0.05, 0.1) is 6.04 Å². The minimum absolute atomic E-state index is 0.0812. The van der Waals surface area contributed by atoms with E-state index in [9.17, 15) is 4.79 Å². The van der Waals surface area contributed by atoms with Crippen molar-refractivity contribution in [3.05, 3.63) is 80.9 Å². The molecule has 0 saturated heterocycles. The van der Waals surface area contributed by atoms with Crippen LogP contribution in [-0.4, -0.2) is 31.2 Å². The Hall–Kier alpha value is -3.48. The molecule has 6 rings (SSSR count). The molecule has 1 saturated carbocycles. The van der Waals surface area contributed by atoms with Crippen molar-refractivity contribution in [3.63, 3.8) is 0 Å². The predicted octanol–water partition coefficient (Wildman–Crippen LogP) is 5.18. The molecule has 3 heterocycles. The molecule has 1 N–H and O–H groups in total. The smallest absolute Gasteiger partial charge is 0.254 e. The number of hydrogen-bond donors (Lipinski definition) is 1. The molecule has 2 aromatic carbocycles. The summed E-state index contributed by atoms with van der Waals surface area (Å²) in [5.41, 5.74) is 6.23. The molecule has 0 radical (unpaired) electrons. The van der Waals surface area contributed by atoms with Crippen LogP contribution in [0.3, 0.4) is 0 Å². The number of anilines is 1. The van der Waals surface area contributed by atoms with Crippen molar-refractivity contribution in [2.75, 3.05) is 4.90 Å². The number of para-hydroxylation sites is 1. The van der Waals surface area contributed by atoms with Gasteiger partial charge in [0, 0.05) is 28.2 Å². The highest BCUT2D eigenvalue weighted by molar-refractivity contribution is 5.83. The second-order valence-electron chi connectivity index (χ2n) is 10.4. The number of hydrogen-bond acceptors (Lipinski definition) is 5. The molecule has 1 aliphatic heterocycles. The lowest BCUT2D eigenvalue weighted by Gasteiger charge is -2.34. The van der Waals surface area contributed by atoms with Crippen LogP contribution >= 0.6 is 0 Å². The molecule has 0 unspecified atom stereocenters. The van der Waals surface area contributed by atoms with E-state index < -0.39 is 0 Å². The summed E-state index contributed by atoms with van der Waals surface area (Å²) >= 11 is 0. The molecular formula is C28H32N6O. The Morgan fingerprint density at radius 3 is 2.69 bits per heavy atom. The number of fused-ring (bicyclic) bond motifs is 2. The number of nitrogens with one attached hydrogen (secondary N) is 1. The Balaban J connectivity index is 1.58. The molecule has 0 amide bonds. The second-order valence-corrected chi connectivity index (χ2v) is 10.4. The highest BCUT2D eigenvalue weighted by atomic mass is 16.1. The summed E-state index contributed by atoms with van der Waals surface area (Å²) in [6.45, 7) is 6.39. The zero-order valence-corrected chi connectivity index (χ0v) is 20.7. The first kappa shape index (κ1) is 22.0. The van der Waals surface area contributed by atoms with Gasteiger partial charge in [0.25, 0.3) is 5.56 Å². The molecule has 7 nitrogen and oxygen atoms in total. The molecule has 2 aliphatic rings. The Morgan fingerprint density at radius 2 is 1.86 bits per heavy atom. The van der Waals surface area contributed by atoms with Gasteiger partial charge in [-0.15, -0.1) is 5.10 Å². The predicted molar refractivity (Wildman–Crippen MR) is 138 cm³/mol. The maximum atomic E-state index is 13.7. The Bertz CT molecular complexity index is 1450. The zero-order valence-electron chi connectivity index (χ0n) is 20.7. The van der Waals surface area contributed by atoms with Crippen molar-refractivity contribution in [2.24, 2.45) is 0 Å². The van der Waals surface area contributed by atoms with Gasteiger partial charge in [-0.1, -0.05) is 43.5 Å². The van der Waals surface area contributed by atoms with Crippen LogP contribution in [0, 0.1) is 13.8 Å². The topological polar surface area (TPSA) is 79.7 Å². The normalized spacial score (nSPS) is 19.3. The first-order valence-electron chi connectivity index (χ1n) is 12.8. The third-order valence-corrected chi connectivity index (χ3v) is 7.86. The van der Waals surface area contributed by atoms with E-state index >= 15 is 0 Å². The van der Waals surface area contributed by atoms with Gasteiger partial charge in [-0.2, -0.15) is 0 Å². The van der Waals surface area contributed by atoms with Gasteiger partial charge in [-0.05, 0) is 85.3 Å². The minimum atomic E-state index is -0.376. The molecule has 1 aliphatic carbocycles. The number of tetrazole rings is 1. The van der Waals surface area contributed by atoms with Crippen LogP contribution in [0.2, 0.25) is 0 Å². The first-order valence-corrected chi connectivity index (χ1v) is 12.8. The molecule has 35 heavy (non-hydrogen) atoms. The lowest BCUT2D eigenvalue weighted by Crippen LogP contribution is -2.39. The fraction of sp³-hybridized carbons (Fsp3) is 0.429. The number of H-pyrrole nitrogens is 1. The number of rotatable bonds is 4. The lowest BCUT2D eigenvalue weighted by atomic mass is 9.94. The lowest BCUT2D eigenvalue weighted by molar-refractivity contribution is 0.312. The van der Waals surface area contributed by atoms with Crippen LogP contribution < -0.4 is 10.5 Å². The summed E-state index contributed by atoms with van der Waals surface area (Å²) in [5.74, 6) is 0.759. The number of nitrogens with zero attached hydrogens (tertiary/aromatic N) is 5. The maximum Gasteiger partial charge on any atom is 0.254 e. The highest BCUT2D eigenvalue weighted by Gasteiger charge is 2.39. The van der Waals surface area contributed by atoms with E-state index in [0.29, 0.717) is 5.56 Å². The number of benzene rings is 2. The Labute approximate surface area is 205 Å². The number of aromatic nitrogens is 5. The van der Waals surface area contributed by atoms with Crippen molar-refractivity contribution in [2.45, 2.75) is 77.4 Å². The average Bonchev–Trinajstić information content (AvgIpc) is 3.45. The molecule has 0 spiro atoms. The van der Waals surface area contributed by atoms with Gasteiger partial charge in [0.2, 0.25) is 0 Å². The van der Waals surface area contributed by atoms with Crippen LogP contribution in [-0.2, 0) is 6.42 Å². The fourth-order valence-corrected chi connectivity index (χ4v) is 6.25. The van der Waals surface area contributed by atoms with Crippen LogP contribution in [0.1, 0.15) is 79.2 Å². The molecule has 2 atom stereocenters. The van der Waals surface area contributed by atoms with Crippen LogP contribution in [0.4, 0.5) is 5.69 Å². The van der Waals surface area contributed by atoms with E-state index in [1.807, 2.05) is 10.7 Å². The third-order valence-electron chi connectivity index (χ3n) is 7.86. The van der Waals surface area contributed by atoms with Crippen LogP contribution in [0.15, 0.2) is 47.3 Å². The summed E-state index contributed by atoms with van der Waals surface area (Å²) in [6, 6.07) is 14.9. The monoisotopic (exact) mass is 468 g/mol. The standard InChI is InChI=1S/C28H32N6O/c1-17-13-18(2)22-16-23(28(35)29-24(22)14-17)26(33-19(3)15-20-9-7-8-12-25(20)33)27-30-31-32-34(27)21-10-5-4-6-11-21/h7-9,12-14,16,19,21,26H,4-6,10-11,15H2,1-3H3,(H,29,35)/t19-,26+/m1/s1. The van der Waals surface area contributed by atoms with E-state index in [1.54, 1.807) is 0 Å². The Kier molecular flexibility index (Phi) is 5.43. The summed E-state index contributed by atoms with van der Waals surface area (Å²) in [6.07, 6.45) is 6.71. The van der Waals surface area contributed by atoms with Gasteiger partial charge in [-0.3, -0.25) is 4.79 Å². The van der Waals surface area contributed by atoms with E-state index in [0.717, 1.165) is 52.8 Å². The quantitative estimate of drug-likeness (QED) is 0.447. The minimum Gasteiger partial charge on any atom is -0.354 e.